The summed E-state index contributed by atoms with van der Waals surface area (Å²) in [5, 5.41) is 3.04. The minimum atomic E-state index is -0.673. The van der Waals surface area contributed by atoms with E-state index in [0.29, 0.717) is 36.1 Å². The first-order chi connectivity index (χ1) is 13.9. The number of aryl methyl sites for hydroxylation is 1. The quantitative estimate of drug-likeness (QED) is 0.735. The van der Waals surface area contributed by atoms with Crippen molar-refractivity contribution in [1.29, 1.82) is 0 Å². The maximum absolute atomic E-state index is 12.5. The van der Waals surface area contributed by atoms with Crippen LogP contribution in [0.3, 0.4) is 0 Å². The molecule has 0 atom stereocenters. The first-order valence-corrected chi connectivity index (χ1v) is 9.53. The molecule has 0 aromatic heterocycles. The van der Waals surface area contributed by atoms with Gasteiger partial charge in [-0.1, -0.05) is 35.9 Å². The first-order valence-electron chi connectivity index (χ1n) is 9.15. The van der Waals surface area contributed by atoms with Crippen molar-refractivity contribution in [2.75, 3.05) is 32.1 Å². The molecule has 0 bridgehead atoms. The fourth-order valence-corrected chi connectivity index (χ4v) is 3.39. The number of hydrogen-bond donors (Lipinski definition) is 1. The van der Waals surface area contributed by atoms with Gasteiger partial charge in [0.15, 0.2) is 0 Å². The van der Waals surface area contributed by atoms with E-state index < -0.39 is 17.7 Å². The number of amides is 3. The minimum absolute atomic E-state index is 0.202. The highest BCUT2D eigenvalue weighted by Gasteiger charge is 2.33. The zero-order valence-corrected chi connectivity index (χ0v) is 17.0. The zero-order valence-electron chi connectivity index (χ0n) is 16.3. The van der Waals surface area contributed by atoms with Crippen molar-refractivity contribution in [2.24, 2.45) is 0 Å². The Bertz CT molecular complexity index is 947. The van der Waals surface area contributed by atoms with E-state index in [1.807, 2.05) is 31.2 Å². The third kappa shape index (κ3) is 4.86. The second-order valence-corrected chi connectivity index (χ2v) is 7.18. The Morgan fingerprint density at radius 3 is 2.48 bits per heavy atom. The van der Waals surface area contributed by atoms with Crippen LogP contribution in [-0.2, 0) is 20.9 Å². The molecule has 0 radical (unpaired) electrons. The predicted octanol–water partition coefficient (Wildman–Crippen LogP) is 2.47. The number of nitrogens with zero attached hydrogens (tertiary/aromatic N) is 2. The van der Waals surface area contributed by atoms with E-state index in [-0.39, 0.29) is 6.54 Å². The van der Waals surface area contributed by atoms with Crippen LogP contribution < -0.4 is 10.1 Å². The maximum Gasteiger partial charge on any atom is 0.312 e. The Hall–Kier alpha value is -3.06. The Morgan fingerprint density at radius 1 is 1.10 bits per heavy atom. The van der Waals surface area contributed by atoms with Crippen molar-refractivity contribution in [3.05, 3.63) is 58.6 Å². The van der Waals surface area contributed by atoms with E-state index in [4.69, 9.17) is 16.3 Å². The molecule has 7 nitrogen and oxygen atoms in total. The van der Waals surface area contributed by atoms with E-state index >= 15 is 0 Å². The number of hydrogen-bond acceptors (Lipinski definition) is 4. The van der Waals surface area contributed by atoms with Crippen molar-refractivity contribution < 1.29 is 19.1 Å². The second-order valence-electron chi connectivity index (χ2n) is 6.78. The van der Waals surface area contributed by atoms with E-state index in [9.17, 15) is 14.4 Å². The van der Waals surface area contributed by atoms with E-state index in [0.717, 1.165) is 11.1 Å². The van der Waals surface area contributed by atoms with Crippen LogP contribution in [0.25, 0.3) is 0 Å². The highest BCUT2D eigenvalue weighted by molar-refractivity contribution is 6.35. The third-order valence-corrected chi connectivity index (χ3v) is 5.09. The van der Waals surface area contributed by atoms with Crippen LogP contribution >= 0.6 is 11.6 Å². The van der Waals surface area contributed by atoms with Crippen molar-refractivity contribution in [1.82, 2.24) is 9.80 Å². The molecule has 2 aromatic rings. The molecule has 152 valence electrons. The van der Waals surface area contributed by atoms with Gasteiger partial charge in [-0.25, -0.2) is 0 Å². The van der Waals surface area contributed by atoms with Crippen LogP contribution in [0.1, 0.15) is 11.1 Å². The van der Waals surface area contributed by atoms with Gasteiger partial charge < -0.3 is 19.9 Å². The van der Waals surface area contributed by atoms with Crippen molar-refractivity contribution >= 4 is 35.0 Å². The molecule has 3 rings (SSSR count). The number of methoxy groups -OCH3 is 1. The van der Waals surface area contributed by atoms with Crippen LogP contribution in [0.15, 0.2) is 42.5 Å². The van der Waals surface area contributed by atoms with E-state index in [2.05, 4.69) is 5.32 Å². The largest absolute Gasteiger partial charge is 0.495 e. The van der Waals surface area contributed by atoms with Gasteiger partial charge >= 0.3 is 11.8 Å². The Balaban J connectivity index is 1.58. The summed E-state index contributed by atoms with van der Waals surface area (Å²) in [7, 11) is 1.50. The summed E-state index contributed by atoms with van der Waals surface area (Å²) in [6.45, 7) is 2.81. The molecule has 0 spiro atoms. The summed E-state index contributed by atoms with van der Waals surface area (Å²) in [4.78, 5) is 40.0. The lowest BCUT2D eigenvalue weighted by Crippen LogP contribution is -2.55. The summed E-state index contributed by atoms with van der Waals surface area (Å²) in [6, 6.07) is 12.6. The van der Waals surface area contributed by atoms with Crippen LogP contribution in [0.4, 0.5) is 5.69 Å². The standard InChI is InChI=1S/C21H22ClN3O4/c1-14-5-3-4-6-15(14)12-24-9-10-25(21(28)20(24)27)13-19(26)23-16-7-8-18(29-2)17(22)11-16/h3-8,11H,9-10,12-13H2,1-2H3,(H,23,26). The molecule has 2 aromatic carbocycles. The molecule has 0 unspecified atom stereocenters. The van der Waals surface area contributed by atoms with Gasteiger partial charge in [-0.2, -0.15) is 0 Å². The number of piperazine rings is 1. The smallest absolute Gasteiger partial charge is 0.312 e. The molecular formula is C21H22ClN3O4. The number of rotatable bonds is 6. The van der Waals surface area contributed by atoms with Gasteiger partial charge in [-0.3, -0.25) is 14.4 Å². The summed E-state index contributed by atoms with van der Waals surface area (Å²) in [5.41, 5.74) is 2.54. The Morgan fingerprint density at radius 2 is 1.79 bits per heavy atom. The van der Waals surface area contributed by atoms with Gasteiger partial charge in [0.05, 0.1) is 12.1 Å². The normalized spacial score (nSPS) is 14.2. The number of benzene rings is 2. The molecule has 1 aliphatic rings. The van der Waals surface area contributed by atoms with Crippen molar-refractivity contribution in [3.63, 3.8) is 0 Å². The fourth-order valence-electron chi connectivity index (χ4n) is 3.13. The Kier molecular flexibility index (Phi) is 6.39. The molecule has 1 fully saturated rings. The summed E-state index contributed by atoms with van der Waals surface area (Å²) >= 11 is 6.05. The van der Waals surface area contributed by atoms with E-state index in [1.54, 1.807) is 18.2 Å². The summed E-state index contributed by atoms with van der Waals surface area (Å²) in [6.07, 6.45) is 0. The number of anilines is 1. The molecule has 3 amide bonds. The fraction of sp³-hybridized carbons (Fsp3) is 0.286. The number of nitrogens with one attached hydrogen (secondary N) is 1. The summed E-state index contributed by atoms with van der Waals surface area (Å²) in [5.74, 6) is -1.18. The van der Waals surface area contributed by atoms with E-state index in [1.165, 1.54) is 16.9 Å². The number of ether oxygens (including phenoxy) is 1. The second kappa shape index (κ2) is 8.96. The predicted molar refractivity (Wildman–Crippen MR) is 110 cm³/mol. The lowest BCUT2D eigenvalue weighted by atomic mass is 10.1. The lowest BCUT2D eigenvalue weighted by molar-refractivity contribution is -0.157. The number of halogens is 1. The summed E-state index contributed by atoms with van der Waals surface area (Å²) < 4.78 is 5.07. The highest BCUT2D eigenvalue weighted by atomic mass is 35.5. The molecule has 1 heterocycles. The van der Waals surface area contributed by atoms with Gasteiger partial charge in [0.2, 0.25) is 5.91 Å². The Labute approximate surface area is 174 Å². The monoisotopic (exact) mass is 415 g/mol. The van der Waals surface area contributed by atoms with Crippen LogP contribution in [0.2, 0.25) is 5.02 Å². The molecule has 0 aliphatic carbocycles. The van der Waals surface area contributed by atoms with Gasteiger partial charge in [-0.05, 0) is 36.2 Å². The van der Waals surface area contributed by atoms with Crippen LogP contribution in [-0.4, -0.2) is 54.3 Å². The molecule has 29 heavy (non-hydrogen) atoms. The molecule has 1 N–H and O–H groups in total. The van der Waals surface area contributed by atoms with Gasteiger partial charge in [-0.15, -0.1) is 0 Å². The number of carbonyl (C=O) groups is 3. The lowest BCUT2D eigenvalue weighted by Gasteiger charge is -2.33. The van der Waals surface area contributed by atoms with Crippen LogP contribution in [0, 0.1) is 6.92 Å². The third-order valence-electron chi connectivity index (χ3n) is 4.79. The van der Waals surface area contributed by atoms with Gasteiger partial charge in [0, 0.05) is 25.3 Å². The SMILES string of the molecule is COc1ccc(NC(=O)CN2CCN(Cc3ccccc3C)C(=O)C2=O)cc1Cl. The molecule has 0 saturated carbocycles. The molecular weight excluding hydrogens is 394 g/mol. The van der Waals surface area contributed by atoms with Gasteiger partial charge in [0.1, 0.15) is 12.3 Å². The minimum Gasteiger partial charge on any atom is -0.495 e. The highest BCUT2D eigenvalue weighted by Crippen LogP contribution is 2.27. The molecule has 1 aliphatic heterocycles. The zero-order chi connectivity index (χ0) is 21.0. The van der Waals surface area contributed by atoms with Gasteiger partial charge in [0.25, 0.3) is 0 Å². The average Bonchev–Trinajstić information content (AvgIpc) is 2.69. The average molecular weight is 416 g/mol. The number of carbonyl (C=O) groups excluding carboxylic acids is 3. The topological polar surface area (TPSA) is 79.0 Å². The van der Waals surface area contributed by atoms with Crippen LogP contribution in [0.5, 0.6) is 5.75 Å². The first kappa shape index (κ1) is 20.7. The van der Waals surface area contributed by atoms with Crippen molar-refractivity contribution in [3.8, 4) is 5.75 Å². The van der Waals surface area contributed by atoms with Crippen molar-refractivity contribution in [2.45, 2.75) is 13.5 Å². The molecule has 1 saturated heterocycles. The molecule has 8 heteroatoms. The maximum atomic E-state index is 12.5.